The fourth-order valence-electron chi connectivity index (χ4n) is 4.04. The Morgan fingerprint density at radius 3 is 2.85 bits per heavy atom. The van der Waals surface area contributed by atoms with Gasteiger partial charge in [-0.2, -0.15) is 0 Å². The van der Waals surface area contributed by atoms with E-state index in [2.05, 4.69) is 26.2 Å². The van der Waals surface area contributed by atoms with Crippen molar-refractivity contribution in [2.75, 3.05) is 7.11 Å². The van der Waals surface area contributed by atoms with Crippen LogP contribution in [0.15, 0.2) is 22.7 Å². The van der Waals surface area contributed by atoms with Crippen LogP contribution in [-0.4, -0.2) is 46.1 Å². The molecule has 2 N–H and O–H groups in total. The molecule has 8 heteroatoms. The van der Waals surface area contributed by atoms with Crippen molar-refractivity contribution in [1.29, 1.82) is 0 Å². The lowest BCUT2D eigenvalue weighted by atomic mass is 10.0. The first-order valence-corrected chi connectivity index (χ1v) is 10.00. The summed E-state index contributed by atoms with van der Waals surface area (Å²) >= 11 is 3.48. The molecule has 27 heavy (non-hydrogen) atoms. The number of ether oxygens (including phenoxy) is 1. The van der Waals surface area contributed by atoms with Gasteiger partial charge in [0.25, 0.3) is 0 Å². The quantitative estimate of drug-likeness (QED) is 0.771. The van der Waals surface area contributed by atoms with Crippen LogP contribution >= 0.6 is 15.9 Å². The van der Waals surface area contributed by atoms with E-state index >= 15 is 0 Å². The highest BCUT2D eigenvalue weighted by atomic mass is 79.9. The first-order chi connectivity index (χ1) is 12.9. The third-order valence-electron chi connectivity index (χ3n) is 5.53. The van der Waals surface area contributed by atoms with E-state index < -0.39 is 12.1 Å². The summed E-state index contributed by atoms with van der Waals surface area (Å²) < 4.78 is 5.68. The number of nitrogens with zero attached hydrogens (tertiary/aromatic N) is 2. The highest BCUT2D eigenvalue weighted by Crippen LogP contribution is 2.53. The summed E-state index contributed by atoms with van der Waals surface area (Å²) in [5, 5.41) is 2.70. The van der Waals surface area contributed by atoms with Crippen molar-refractivity contribution in [3.8, 4) is 0 Å². The number of fused-ring (bicyclic) bond motifs is 2. The fourth-order valence-corrected chi connectivity index (χ4v) is 4.40. The van der Waals surface area contributed by atoms with Gasteiger partial charge >= 0.3 is 6.09 Å². The second-order valence-corrected chi connectivity index (χ2v) is 8.62. The lowest BCUT2D eigenvalue weighted by molar-refractivity contribution is -0.136. The lowest BCUT2D eigenvalue weighted by Gasteiger charge is -2.31. The van der Waals surface area contributed by atoms with E-state index in [0.717, 1.165) is 34.2 Å². The van der Waals surface area contributed by atoms with Gasteiger partial charge in [0.2, 0.25) is 5.91 Å². The third kappa shape index (κ3) is 3.31. The van der Waals surface area contributed by atoms with Gasteiger partial charge in [-0.05, 0) is 42.9 Å². The largest absolute Gasteiger partial charge is 0.453 e. The van der Waals surface area contributed by atoms with E-state index in [-0.39, 0.29) is 23.9 Å². The molecule has 2 heterocycles. The molecule has 144 valence electrons. The minimum Gasteiger partial charge on any atom is -0.453 e. The maximum atomic E-state index is 13.3. The summed E-state index contributed by atoms with van der Waals surface area (Å²) in [5.74, 6) is 1.22. The van der Waals surface area contributed by atoms with Crippen LogP contribution < -0.4 is 5.32 Å². The molecule has 2 aliphatic rings. The van der Waals surface area contributed by atoms with E-state index in [1.807, 2.05) is 36.9 Å². The number of carbonyl (C=O) groups excluding carboxylic acids is 2. The van der Waals surface area contributed by atoms with E-state index in [9.17, 15) is 9.59 Å². The molecule has 4 rings (SSSR count). The number of H-pyrrole nitrogens is 1. The zero-order valence-electron chi connectivity index (χ0n) is 15.5. The van der Waals surface area contributed by atoms with Crippen LogP contribution in [0.25, 0.3) is 11.0 Å². The molecular weight excluding hydrogens is 412 g/mol. The maximum absolute atomic E-state index is 13.3. The number of alkyl carbamates (subject to hydrolysis) is 1. The number of hydrogen-bond donors (Lipinski definition) is 2. The van der Waals surface area contributed by atoms with Crippen LogP contribution in [0.4, 0.5) is 4.79 Å². The van der Waals surface area contributed by atoms with Gasteiger partial charge in [0.15, 0.2) is 0 Å². The van der Waals surface area contributed by atoms with E-state index in [1.165, 1.54) is 7.11 Å². The molecule has 2 aromatic rings. The monoisotopic (exact) mass is 434 g/mol. The van der Waals surface area contributed by atoms with Gasteiger partial charge in [0.05, 0.1) is 24.2 Å². The van der Waals surface area contributed by atoms with Crippen LogP contribution in [0, 0.1) is 11.8 Å². The molecule has 4 atom stereocenters. The van der Waals surface area contributed by atoms with Gasteiger partial charge in [0.1, 0.15) is 11.9 Å². The Morgan fingerprint density at radius 1 is 1.37 bits per heavy atom. The number of rotatable bonds is 4. The maximum Gasteiger partial charge on any atom is 0.407 e. The average molecular weight is 435 g/mol. The zero-order valence-corrected chi connectivity index (χ0v) is 17.1. The summed E-state index contributed by atoms with van der Waals surface area (Å²) in [7, 11) is 1.30. The van der Waals surface area contributed by atoms with Crippen LogP contribution in [0.3, 0.4) is 0 Å². The van der Waals surface area contributed by atoms with Crippen LogP contribution in [0.5, 0.6) is 0 Å². The number of piperidine rings is 1. The Labute approximate surface area is 166 Å². The number of imidazole rings is 1. The summed E-state index contributed by atoms with van der Waals surface area (Å²) in [4.78, 5) is 35.1. The minimum atomic E-state index is -0.613. The molecule has 1 saturated heterocycles. The molecular formula is C19H23BrN4O3. The molecule has 1 aromatic carbocycles. The molecule has 0 radical (unpaired) electrons. The zero-order chi connectivity index (χ0) is 19.3. The van der Waals surface area contributed by atoms with Crippen molar-refractivity contribution in [2.45, 2.75) is 44.8 Å². The Kier molecular flexibility index (Phi) is 4.61. The van der Waals surface area contributed by atoms with E-state index in [1.54, 1.807) is 0 Å². The number of methoxy groups -OCH3 is 1. The first kappa shape index (κ1) is 18.3. The predicted molar refractivity (Wildman–Crippen MR) is 104 cm³/mol. The number of aromatic amines is 1. The van der Waals surface area contributed by atoms with Crippen LogP contribution in [-0.2, 0) is 9.53 Å². The van der Waals surface area contributed by atoms with Crippen molar-refractivity contribution in [3.05, 3.63) is 28.5 Å². The smallest absolute Gasteiger partial charge is 0.407 e. The number of aromatic nitrogens is 2. The predicted octanol–water partition coefficient (Wildman–Crippen LogP) is 3.37. The number of halogens is 1. The Bertz CT molecular complexity index is 896. The number of hydrogen-bond acceptors (Lipinski definition) is 4. The van der Waals surface area contributed by atoms with Gasteiger partial charge in [-0.15, -0.1) is 0 Å². The van der Waals surface area contributed by atoms with Crippen molar-refractivity contribution in [3.63, 3.8) is 0 Å². The van der Waals surface area contributed by atoms with Crippen LogP contribution in [0.2, 0.25) is 0 Å². The molecule has 7 nitrogen and oxygen atoms in total. The summed E-state index contributed by atoms with van der Waals surface area (Å²) in [6, 6.07) is 5.44. The topological polar surface area (TPSA) is 87.3 Å². The standard InChI is InChI=1S/C19H23BrN4O3/c1-9(2)16(23-19(26)27-3)18(25)24-14-6-10(14)7-15(24)17-21-12-5-4-11(20)8-13(12)22-17/h4-5,8-10,14-16H,6-7H2,1-3H3,(H,21,22)(H,23,26). The lowest BCUT2D eigenvalue weighted by Crippen LogP contribution is -2.52. The molecule has 1 aliphatic carbocycles. The average Bonchev–Trinajstić information content (AvgIpc) is 3.10. The molecule has 0 spiro atoms. The van der Waals surface area contributed by atoms with Gasteiger partial charge < -0.3 is 19.9 Å². The fraction of sp³-hybridized carbons (Fsp3) is 0.526. The summed E-state index contributed by atoms with van der Waals surface area (Å²) in [5.41, 5.74) is 1.83. The van der Waals surface area contributed by atoms with Gasteiger partial charge in [-0.3, -0.25) is 4.79 Å². The Morgan fingerprint density at radius 2 is 2.15 bits per heavy atom. The summed E-state index contributed by atoms with van der Waals surface area (Å²) in [6.07, 6.45) is 1.34. The summed E-state index contributed by atoms with van der Waals surface area (Å²) in [6.45, 7) is 3.85. The second kappa shape index (κ2) is 6.82. The molecule has 1 aromatic heterocycles. The first-order valence-electron chi connectivity index (χ1n) is 9.21. The number of likely N-dealkylation sites (tertiary alicyclic amines) is 1. The van der Waals surface area contributed by atoms with E-state index in [4.69, 9.17) is 9.72 Å². The molecule has 4 unspecified atom stereocenters. The number of carbonyl (C=O) groups is 2. The van der Waals surface area contributed by atoms with Gasteiger partial charge in [0, 0.05) is 10.5 Å². The second-order valence-electron chi connectivity index (χ2n) is 7.70. The molecule has 1 saturated carbocycles. The molecule has 2 fully saturated rings. The van der Waals surface area contributed by atoms with Gasteiger partial charge in [-0.1, -0.05) is 29.8 Å². The van der Waals surface area contributed by atoms with Crippen molar-refractivity contribution in [2.24, 2.45) is 11.8 Å². The Hall–Kier alpha value is -2.09. The molecule has 2 amide bonds. The van der Waals surface area contributed by atoms with Crippen molar-refractivity contribution < 1.29 is 14.3 Å². The highest BCUT2D eigenvalue weighted by Gasteiger charge is 2.56. The number of benzene rings is 1. The van der Waals surface area contributed by atoms with Crippen molar-refractivity contribution >= 4 is 39.0 Å². The SMILES string of the molecule is COC(=O)NC(C(=O)N1C(c2nc3ccc(Br)cc3[nH]2)CC2CC21)C(C)C. The van der Waals surface area contributed by atoms with E-state index in [0.29, 0.717) is 5.92 Å². The van der Waals surface area contributed by atoms with Crippen molar-refractivity contribution in [1.82, 2.24) is 20.2 Å². The molecule has 0 bridgehead atoms. The number of nitrogens with one attached hydrogen (secondary N) is 2. The van der Waals surface area contributed by atoms with Gasteiger partial charge in [-0.25, -0.2) is 9.78 Å². The van der Waals surface area contributed by atoms with Crippen LogP contribution in [0.1, 0.15) is 38.6 Å². The normalized spacial score (nSPS) is 24.8. The third-order valence-corrected chi connectivity index (χ3v) is 6.02. The minimum absolute atomic E-state index is 0.0401. The molecule has 1 aliphatic heterocycles. The number of amides is 2. The highest BCUT2D eigenvalue weighted by molar-refractivity contribution is 9.10. The Balaban J connectivity index is 1.63.